The van der Waals surface area contributed by atoms with Gasteiger partial charge in [0.05, 0.1) is 32.4 Å². The Hall–Kier alpha value is -3.78. The minimum Gasteiger partial charge on any atom is -0.507 e. The van der Waals surface area contributed by atoms with E-state index < -0.39 is 17.7 Å². The van der Waals surface area contributed by atoms with Gasteiger partial charge in [-0.25, -0.2) is 0 Å². The summed E-state index contributed by atoms with van der Waals surface area (Å²) in [6, 6.07) is 11.7. The number of hydrogen-bond acceptors (Lipinski definition) is 6. The first-order valence-electron chi connectivity index (χ1n) is 10.5. The summed E-state index contributed by atoms with van der Waals surface area (Å²) in [6.45, 7) is 2.34. The van der Waals surface area contributed by atoms with Gasteiger partial charge in [0.15, 0.2) is 11.5 Å². The second-order valence-corrected chi connectivity index (χ2v) is 7.76. The highest BCUT2D eigenvalue weighted by Crippen LogP contribution is 2.43. The van der Waals surface area contributed by atoms with Crippen molar-refractivity contribution in [3.8, 4) is 11.5 Å². The van der Waals surface area contributed by atoms with Gasteiger partial charge in [-0.1, -0.05) is 18.2 Å². The van der Waals surface area contributed by atoms with Crippen molar-refractivity contribution in [2.45, 2.75) is 13.0 Å². The Balaban J connectivity index is 1.96. The zero-order chi connectivity index (χ0) is 23.7. The van der Waals surface area contributed by atoms with Crippen LogP contribution >= 0.6 is 0 Å². The molecule has 3 aromatic rings. The third-order valence-electron chi connectivity index (χ3n) is 5.95. The number of nitrogens with one attached hydrogen (secondary N) is 1. The molecule has 1 fully saturated rings. The van der Waals surface area contributed by atoms with Crippen LogP contribution in [0.15, 0.2) is 48.0 Å². The van der Waals surface area contributed by atoms with Crippen LogP contribution in [0.1, 0.15) is 22.9 Å². The van der Waals surface area contributed by atoms with Crippen molar-refractivity contribution in [2.24, 2.45) is 0 Å². The first-order chi connectivity index (χ1) is 15.9. The molecular formula is C25H26N2O6. The number of carbonyl (C=O) groups is 2. The summed E-state index contributed by atoms with van der Waals surface area (Å²) in [5.74, 6) is -0.811. The summed E-state index contributed by atoms with van der Waals surface area (Å²) in [7, 11) is 4.53. The van der Waals surface area contributed by atoms with E-state index >= 15 is 0 Å². The Labute approximate surface area is 191 Å². The van der Waals surface area contributed by atoms with Crippen LogP contribution in [-0.4, -0.2) is 61.2 Å². The molecule has 1 aliphatic heterocycles. The largest absolute Gasteiger partial charge is 0.507 e. The van der Waals surface area contributed by atoms with E-state index in [-0.39, 0.29) is 24.5 Å². The van der Waals surface area contributed by atoms with Crippen LogP contribution in [0.25, 0.3) is 16.7 Å². The number of aliphatic hydroxyl groups is 1. The number of aromatic nitrogens is 1. The van der Waals surface area contributed by atoms with Gasteiger partial charge in [0, 0.05) is 41.4 Å². The van der Waals surface area contributed by atoms with E-state index in [1.165, 1.54) is 26.2 Å². The van der Waals surface area contributed by atoms with Crippen LogP contribution in [0.4, 0.5) is 0 Å². The number of likely N-dealkylation sites (tertiary alicyclic amines) is 1. The second-order valence-electron chi connectivity index (χ2n) is 7.76. The maximum absolute atomic E-state index is 13.2. The number of hydrogen-bond donors (Lipinski definition) is 2. The monoisotopic (exact) mass is 450 g/mol. The Morgan fingerprint density at radius 2 is 1.79 bits per heavy atom. The average Bonchev–Trinajstić information content (AvgIpc) is 3.28. The summed E-state index contributed by atoms with van der Waals surface area (Å²) >= 11 is 0. The van der Waals surface area contributed by atoms with Gasteiger partial charge >= 0.3 is 0 Å². The number of para-hydroxylation sites is 1. The molecule has 1 amide bonds. The molecule has 0 bridgehead atoms. The maximum Gasteiger partial charge on any atom is 0.295 e. The first-order valence-corrected chi connectivity index (χ1v) is 10.5. The molecule has 1 saturated heterocycles. The lowest BCUT2D eigenvalue weighted by Gasteiger charge is -2.25. The molecule has 1 aromatic heterocycles. The van der Waals surface area contributed by atoms with Crippen molar-refractivity contribution in [3.63, 3.8) is 0 Å². The van der Waals surface area contributed by atoms with Crippen LogP contribution in [0, 0.1) is 6.92 Å². The molecule has 8 nitrogen and oxygen atoms in total. The number of aryl methyl sites for hydroxylation is 1. The number of H-pyrrole nitrogens is 1. The number of nitrogens with zero attached hydrogens (tertiary/aromatic N) is 1. The smallest absolute Gasteiger partial charge is 0.295 e. The molecule has 1 aliphatic rings. The summed E-state index contributed by atoms with van der Waals surface area (Å²) in [5, 5.41) is 12.2. The molecule has 2 heterocycles. The van der Waals surface area contributed by atoms with Crippen molar-refractivity contribution in [1.82, 2.24) is 9.88 Å². The molecule has 1 atom stereocenters. The number of fused-ring (bicyclic) bond motifs is 1. The molecule has 2 N–H and O–H groups in total. The van der Waals surface area contributed by atoms with Crippen LogP contribution in [0.3, 0.4) is 0 Å². The van der Waals surface area contributed by atoms with Gasteiger partial charge in [0.25, 0.3) is 11.7 Å². The number of ether oxygens (including phenoxy) is 3. The highest BCUT2D eigenvalue weighted by atomic mass is 16.5. The fourth-order valence-electron chi connectivity index (χ4n) is 4.39. The molecule has 8 heteroatoms. The number of rotatable bonds is 7. The lowest BCUT2D eigenvalue weighted by Crippen LogP contribution is -2.32. The predicted octanol–water partition coefficient (Wildman–Crippen LogP) is 3.56. The number of aromatic amines is 1. The molecule has 33 heavy (non-hydrogen) atoms. The average molecular weight is 450 g/mol. The van der Waals surface area contributed by atoms with Crippen LogP contribution in [-0.2, 0) is 14.3 Å². The van der Waals surface area contributed by atoms with E-state index in [9.17, 15) is 14.7 Å². The second kappa shape index (κ2) is 8.99. The lowest BCUT2D eigenvalue weighted by atomic mass is 9.93. The molecular weight excluding hydrogens is 424 g/mol. The van der Waals surface area contributed by atoms with Crippen LogP contribution < -0.4 is 9.47 Å². The third-order valence-corrected chi connectivity index (χ3v) is 5.95. The van der Waals surface area contributed by atoms with Gasteiger partial charge in [-0.15, -0.1) is 0 Å². The lowest BCUT2D eigenvalue weighted by molar-refractivity contribution is -0.140. The number of Topliss-reactive ketones (excluding diaryl/α,β-unsaturated/α-hetero) is 1. The van der Waals surface area contributed by atoms with Crippen molar-refractivity contribution in [2.75, 3.05) is 34.5 Å². The summed E-state index contributed by atoms with van der Waals surface area (Å²) in [5.41, 5.74) is 2.83. The standard InChI is InChI=1S/C25H26N2O6/c1-14-20(16-7-5-6-8-17(16)26-14)22-21(24(29)25(30)27(22)11-12-31-2)23(28)15-9-10-18(32-3)19(13-15)33-4/h5-10,13,22,26,28H,11-12H2,1-4H3/b23-21+. The van der Waals surface area contributed by atoms with E-state index in [0.717, 1.165) is 22.2 Å². The van der Waals surface area contributed by atoms with Gasteiger partial charge in [0.1, 0.15) is 5.76 Å². The SMILES string of the molecule is COCCN1C(=O)C(=O)/C(=C(/O)c2ccc(OC)c(OC)c2)C1c1c(C)[nH]c2ccccc12. The fraction of sp³-hybridized carbons (Fsp3) is 0.280. The van der Waals surface area contributed by atoms with E-state index in [1.54, 1.807) is 18.2 Å². The van der Waals surface area contributed by atoms with Crippen LogP contribution in [0.5, 0.6) is 11.5 Å². The highest BCUT2D eigenvalue weighted by Gasteiger charge is 2.47. The number of benzene rings is 2. The number of ketones is 1. The van der Waals surface area contributed by atoms with E-state index in [1.807, 2.05) is 31.2 Å². The van der Waals surface area contributed by atoms with Crippen LogP contribution in [0.2, 0.25) is 0 Å². The topological polar surface area (TPSA) is 101 Å². The normalized spacial score (nSPS) is 17.7. The molecule has 172 valence electrons. The number of amides is 1. The molecule has 0 saturated carbocycles. The van der Waals surface area contributed by atoms with Gasteiger partial charge < -0.3 is 29.2 Å². The number of carbonyl (C=O) groups excluding carboxylic acids is 2. The summed E-state index contributed by atoms with van der Waals surface area (Å²) in [4.78, 5) is 31.0. The van der Waals surface area contributed by atoms with Crippen molar-refractivity contribution in [3.05, 3.63) is 64.9 Å². The minimum atomic E-state index is -0.774. The Kier molecular flexibility index (Phi) is 6.11. The molecule has 1 unspecified atom stereocenters. The number of aliphatic hydroxyl groups excluding tert-OH is 1. The maximum atomic E-state index is 13.2. The Bertz CT molecular complexity index is 1260. The zero-order valence-electron chi connectivity index (χ0n) is 19.0. The molecule has 0 radical (unpaired) electrons. The first kappa shape index (κ1) is 22.4. The Morgan fingerprint density at radius 3 is 2.48 bits per heavy atom. The molecule has 4 rings (SSSR count). The van der Waals surface area contributed by atoms with Gasteiger partial charge in [-0.3, -0.25) is 9.59 Å². The predicted molar refractivity (Wildman–Crippen MR) is 123 cm³/mol. The molecule has 0 spiro atoms. The molecule has 2 aromatic carbocycles. The third kappa shape index (κ3) is 3.72. The van der Waals surface area contributed by atoms with E-state index in [0.29, 0.717) is 17.1 Å². The van der Waals surface area contributed by atoms with Crippen molar-refractivity contribution < 1.29 is 28.9 Å². The molecule has 0 aliphatic carbocycles. The summed E-state index contributed by atoms with van der Waals surface area (Å²) < 4.78 is 15.8. The fourth-order valence-corrected chi connectivity index (χ4v) is 4.39. The van der Waals surface area contributed by atoms with E-state index in [4.69, 9.17) is 14.2 Å². The Morgan fingerprint density at radius 1 is 1.06 bits per heavy atom. The van der Waals surface area contributed by atoms with Gasteiger partial charge in [0.2, 0.25) is 0 Å². The minimum absolute atomic E-state index is 0.0242. The number of methoxy groups -OCH3 is 3. The zero-order valence-corrected chi connectivity index (χ0v) is 19.0. The van der Waals surface area contributed by atoms with Gasteiger partial charge in [-0.2, -0.15) is 0 Å². The van der Waals surface area contributed by atoms with E-state index in [2.05, 4.69) is 4.98 Å². The van der Waals surface area contributed by atoms with Crippen molar-refractivity contribution in [1.29, 1.82) is 0 Å². The van der Waals surface area contributed by atoms with Gasteiger partial charge in [-0.05, 0) is 31.2 Å². The quantitative estimate of drug-likeness (QED) is 0.324. The van der Waals surface area contributed by atoms with Crippen molar-refractivity contribution >= 4 is 28.4 Å². The highest BCUT2D eigenvalue weighted by molar-refractivity contribution is 6.46. The summed E-state index contributed by atoms with van der Waals surface area (Å²) in [6.07, 6.45) is 0.